The second-order valence-electron chi connectivity index (χ2n) is 3.41. The zero-order valence-electron chi connectivity index (χ0n) is 8.73. The zero-order chi connectivity index (χ0) is 10.7. The van der Waals surface area contributed by atoms with Gasteiger partial charge >= 0.3 is 0 Å². The Morgan fingerprint density at radius 1 is 1.40 bits per heavy atom. The van der Waals surface area contributed by atoms with Crippen molar-refractivity contribution in [2.24, 2.45) is 5.84 Å². The molecule has 0 spiro atoms. The van der Waals surface area contributed by atoms with Gasteiger partial charge in [0.1, 0.15) is 18.0 Å². The number of rotatable bonds is 2. The summed E-state index contributed by atoms with van der Waals surface area (Å²) < 4.78 is 5.29. The fourth-order valence-corrected chi connectivity index (χ4v) is 1.68. The lowest BCUT2D eigenvalue weighted by molar-refractivity contribution is 0.122. The molecule has 1 fully saturated rings. The van der Waals surface area contributed by atoms with Crippen LogP contribution in [-0.2, 0) is 4.74 Å². The van der Waals surface area contributed by atoms with Crippen molar-refractivity contribution in [2.75, 3.05) is 36.6 Å². The topological polar surface area (TPSA) is 76.3 Å². The zero-order valence-corrected chi connectivity index (χ0v) is 8.73. The number of nitrogens with two attached hydrogens (primary N) is 1. The molecular formula is C9H15N5O. The van der Waals surface area contributed by atoms with Gasteiger partial charge in [-0.2, -0.15) is 0 Å². The molecule has 0 unspecified atom stereocenters. The molecule has 0 aliphatic carbocycles. The Labute approximate surface area is 88.4 Å². The van der Waals surface area contributed by atoms with Gasteiger partial charge in [0, 0.05) is 18.7 Å². The number of nitrogens with zero attached hydrogens (tertiary/aromatic N) is 3. The smallest absolute Gasteiger partial charge is 0.148 e. The number of ether oxygens (including phenoxy) is 1. The molecule has 2 rings (SSSR count). The first kappa shape index (κ1) is 10.1. The van der Waals surface area contributed by atoms with Gasteiger partial charge in [-0.25, -0.2) is 15.8 Å². The summed E-state index contributed by atoms with van der Waals surface area (Å²) in [5, 5.41) is 0. The van der Waals surface area contributed by atoms with Crippen molar-refractivity contribution in [3.05, 3.63) is 11.9 Å². The predicted octanol–water partition coefficient (Wildman–Crippen LogP) is -0.0928. The maximum atomic E-state index is 5.37. The summed E-state index contributed by atoms with van der Waals surface area (Å²) in [5.74, 6) is 6.97. The number of nitrogen functional groups attached to an aromatic ring is 1. The normalized spacial score (nSPS) is 16.5. The van der Waals surface area contributed by atoms with E-state index in [9.17, 15) is 0 Å². The predicted molar refractivity (Wildman–Crippen MR) is 57.6 cm³/mol. The van der Waals surface area contributed by atoms with Gasteiger partial charge < -0.3 is 15.1 Å². The number of hydrogen-bond donors (Lipinski definition) is 2. The van der Waals surface area contributed by atoms with E-state index in [1.54, 1.807) is 0 Å². The molecule has 1 aromatic heterocycles. The van der Waals surface area contributed by atoms with Gasteiger partial charge in [-0.3, -0.25) is 0 Å². The molecule has 0 atom stereocenters. The molecule has 82 valence electrons. The van der Waals surface area contributed by atoms with Crippen LogP contribution in [-0.4, -0.2) is 36.3 Å². The second-order valence-corrected chi connectivity index (χ2v) is 3.41. The Kier molecular flexibility index (Phi) is 2.98. The Bertz CT molecular complexity index is 337. The SMILES string of the molecule is Cc1c(NN)ncnc1N1CCOCC1. The van der Waals surface area contributed by atoms with E-state index in [0.29, 0.717) is 5.82 Å². The highest BCUT2D eigenvalue weighted by molar-refractivity contribution is 5.57. The van der Waals surface area contributed by atoms with Crippen LogP contribution in [0, 0.1) is 6.92 Å². The molecule has 6 nitrogen and oxygen atoms in total. The van der Waals surface area contributed by atoms with E-state index < -0.39 is 0 Å². The molecule has 3 N–H and O–H groups in total. The highest BCUT2D eigenvalue weighted by Crippen LogP contribution is 2.21. The lowest BCUT2D eigenvalue weighted by Crippen LogP contribution is -2.37. The molecule has 0 radical (unpaired) electrons. The number of anilines is 2. The minimum Gasteiger partial charge on any atom is -0.378 e. The second kappa shape index (κ2) is 4.41. The first-order chi connectivity index (χ1) is 7.33. The molecule has 1 aliphatic heterocycles. The van der Waals surface area contributed by atoms with Crippen LogP contribution in [0.4, 0.5) is 11.6 Å². The van der Waals surface area contributed by atoms with Crippen molar-refractivity contribution in [3.8, 4) is 0 Å². The summed E-state index contributed by atoms with van der Waals surface area (Å²) in [4.78, 5) is 10.5. The number of nitrogens with one attached hydrogen (secondary N) is 1. The van der Waals surface area contributed by atoms with E-state index in [2.05, 4.69) is 20.3 Å². The molecule has 0 saturated carbocycles. The standard InChI is InChI=1S/C9H15N5O/c1-7-8(13-10)11-6-12-9(7)14-2-4-15-5-3-14/h6H,2-5,10H2,1H3,(H,11,12,13). The third-order valence-corrected chi connectivity index (χ3v) is 2.50. The first-order valence-electron chi connectivity index (χ1n) is 4.94. The molecule has 1 aliphatic rings. The van der Waals surface area contributed by atoms with E-state index in [-0.39, 0.29) is 0 Å². The van der Waals surface area contributed by atoms with Crippen LogP contribution in [0.25, 0.3) is 0 Å². The monoisotopic (exact) mass is 209 g/mol. The third kappa shape index (κ3) is 2.00. The average Bonchev–Trinajstić information content (AvgIpc) is 2.30. The minimum absolute atomic E-state index is 0.673. The molecule has 6 heteroatoms. The summed E-state index contributed by atoms with van der Waals surface area (Å²) in [6.07, 6.45) is 1.52. The van der Waals surface area contributed by atoms with E-state index in [0.717, 1.165) is 37.7 Å². The molecule has 0 amide bonds. The number of aromatic nitrogens is 2. The summed E-state index contributed by atoms with van der Waals surface area (Å²) >= 11 is 0. The average molecular weight is 209 g/mol. The molecule has 0 aromatic carbocycles. The van der Waals surface area contributed by atoms with Gasteiger partial charge in [0.25, 0.3) is 0 Å². The van der Waals surface area contributed by atoms with E-state index >= 15 is 0 Å². The van der Waals surface area contributed by atoms with Gasteiger partial charge in [0.2, 0.25) is 0 Å². The first-order valence-corrected chi connectivity index (χ1v) is 4.94. The number of hydrogen-bond acceptors (Lipinski definition) is 6. The highest BCUT2D eigenvalue weighted by Gasteiger charge is 2.16. The molecule has 1 aromatic rings. The van der Waals surface area contributed by atoms with Gasteiger partial charge in [-0.15, -0.1) is 0 Å². The van der Waals surface area contributed by atoms with Crippen molar-refractivity contribution in [2.45, 2.75) is 6.92 Å². The van der Waals surface area contributed by atoms with Crippen LogP contribution in [0.2, 0.25) is 0 Å². The Hall–Kier alpha value is -1.40. The summed E-state index contributed by atoms with van der Waals surface area (Å²) in [6, 6.07) is 0. The Balaban J connectivity index is 2.26. The molecule has 15 heavy (non-hydrogen) atoms. The van der Waals surface area contributed by atoms with Gasteiger partial charge in [-0.05, 0) is 6.92 Å². The van der Waals surface area contributed by atoms with Crippen LogP contribution < -0.4 is 16.2 Å². The van der Waals surface area contributed by atoms with E-state index in [1.807, 2.05) is 6.92 Å². The maximum Gasteiger partial charge on any atom is 0.148 e. The van der Waals surface area contributed by atoms with Crippen LogP contribution in [0.5, 0.6) is 0 Å². The summed E-state index contributed by atoms with van der Waals surface area (Å²) in [5.41, 5.74) is 3.54. The van der Waals surface area contributed by atoms with Crippen LogP contribution in [0.15, 0.2) is 6.33 Å². The molecule has 0 bridgehead atoms. The number of morpholine rings is 1. The lowest BCUT2D eigenvalue weighted by Gasteiger charge is -2.29. The fraction of sp³-hybridized carbons (Fsp3) is 0.556. The summed E-state index contributed by atoms with van der Waals surface area (Å²) in [6.45, 7) is 5.17. The largest absolute Gasteiger partial charge is 0.378 e. The van der Waals surface area contributed by atoms with Crippen molar-refractivity contribution < 1.29 is 4.74 Å². The van der Waals surface area contributed by atoms with Crippen molar-refractivity contribution in [1.82, 2.24) is 9.97 Å². The molecule has 2 heterocycles. The third-order valence-electron chi connectivity index (χ3n) is 2.50. The molecular weight excluding hydrogens is 194 g/mol. The van der Waals surface area contributed by atoms with Crippen molar-refractivity contribution >= 4 is 11.6 Å². The minimum atomic E-state index is 0.673. The number of hydrazine groups is 1. The van der Waals surface area contributed by atoms with Crippen LogP contribution in [0.1, 0.15) is 5.56 Å². The van der Waals surface area contributed by atoms with Gasteiger partial charge in [0.05, 0.1) is 13.2 Å². The Morgan fingerprint density at radius 2 is 2.13 bits per heavy atom. The highest BCUT2D eigenvalue weighted by atomic mass is 16.5. The lowest BCUT2D eigenvalue weighted by atomic mass is 10.2. The molecule has 1 saturated heterocycles. The summed E-state index contributed by atoms with van der Waals surface area (Å²) in [7, 11) is 0. The maximum absolute atomic E-state index is 5.37. The van der Waals surface area contributed by atoms with Gasteiger partial charge in [0.15, 0.2) is 0 Å². The van der Waals surface area contributed by atoms with Crippen molar-refractivity contribution in [3.63, 3.8) is 0 Å². The van der Waals surface area contributed by atoms with Crippen LogP contribution >= 0.6 is 0 Å². The van der Waals surface area contributed by atoms with Crippen LogP contribution in [0.3, 0.4) is 0 Å². The van der Waals surface area contributed by atoms with E-state index in [1.165, 1.54) is 6.33 Å². The Morgan fingerprint density at radius 3 is 2.80 bits per heavy atom. The fourth-order valence-electron chi connectivity index (χ4n) is 1.68. The van der Waals surface area contributed by atoms with E-state index in [4.69, 9.17) is 10.6 Å². The van der Waals surface area contributed by atoms with Crippen molar-refractivity contribution in [1.29, 1.82) is 0 Å². The van der Waals surface area contributed by atoms with Gasteiger partial charge in [-0.1, -0.05) is 0 Å². The quantitative estimate of drug-likeness (QED) is 0.523.